The molecule has 12 nitrogen and oxygen atoms in total. The van der Waals surface area contributed by atoms with E-state index in [-0.39, 0.29) is 30.4 Å². The Balaban J connectivity index is -0.000000121. The highest BCUT2D eigenvalue weighted by molar-refractivity contribution is 8.01. The number of hydrogen-bond donors (Lipinski definition) is 4. The molecule has 0 aromatic heterocycles. The van der Waals surface area contributed by atoms with Gasteiger partial charge < -0.3 is 35.5 Å². The molecule has 16 heteroatoms. The minimum atomic E-state index is -4.72. The predicted molar refractivity (Wildman–Crippen MR) is 260 cm³/mol. The smallest absolute Gasteiger partial charge is 0.421 e. The maximum absolute atomic E-state index is 12.0. The van der Waals surface area contributed by atoms with Crippen LogP contribution in [0.25, 0.3) is 0 Å². The molecule has 0 bridgehead atoms. The zero-order chi connectivity index (χ0) is 51.0. The molecule has 63 heavy (non-hydrogen) atoms. The first kappa shape index (κ1) is 72.7. The number of nitrogens with one attached hydrogen (secondary N) is 2. The Hall–Kier alpha value is -4.77. The molecule has 1 aliphatic heterocycles. The van der Waals surface area contributed by atoms with Crippen molar-refractivity contribution >= 4 is 42.9 Å². The number of amides is 3. The number of carbonyl (C=O) groups excluding carboxylic acids is 5. The van der Waals surface area contributed by atoms with Crippen LogP contribution in [-0.4, -0.2) is 112 Å². The van der Waals surface area contributed by atoms with E-state index in [1.165, 1.54) is 51.0 Å². The number of hydrogen-bond acceptors (Lipinski definition) is 10. The van der Waals surface area contributed by atoms with E-state index in [0.717, 1.165) is 29.4 Å². The molecule has 0 spiro atoms. The molecule has 1 heterocycles. The largest absolute Gasteiger partial charge is 0.462 e. The number of aldehydes is 1. The van der Waals surface area contributed by atoms with Crippen LogP contribution < -0.4 is 15.8 Å². The molecule has 1 saturated heterocycles. The molecule has 1 aliphatic carbocycles. The lowest BCUT2D eigenvalue weighted by Crippen LogP contribution is -2.33. The van der Waals surface area contributed by atoms with Gasteiger partial charge in [-0.15, -0.1) is 13.2 Å². The van der Waals surface area contributed by atoms with Crippen molar-refractivity contribution in [3.05, 3.63) is 110 Å². The van der Waals surface area contributed by atoms with Gasteiger partial charge in [-0.25, -0.2) is 0 Å². The Kier molecular flexibility index (Phi) is 57.5. The number of aliphatic hydroxyl groups is 1. The molecule has 2 aliphatic rings. The molecular formula is C47H82F3N5O7S. The number of allylic oxidation sites excluding steroid dienone is 11. The number of nitrogens with zero attached hydrogens (tertiary/aromatic N) is 2. The minimum Gasteiger partial charge on any atom is -0.462 e. The number of likely N-dealkylation sites (N-methyl/N-ethyl adjacent to an activating group) is 1. The molecule has 0 radical (unpaired) electrons. The zero-order valence-electron chi connectivity index (χ0n) is 40.4. The van der Waals surface area contributed by atoms with Gasteiger partial charge in [-0.05, 0) is 119 Å². The van der Waals surface area contributed by atoms with Crippen molar-refractivity contribution in [3.8, 4) is 0 Å². The van der Waals surface area contributed by atoms with Gasteiger partial charge in [0, 0.05) is 51.0 Å². The molecule has 3 unspecified atom stereocenters. The van der Waals surface area contributed by atoms with Crippen molar-refractivity contribution in [2.75, 3.05) is 48.4 Å². The Morgan fingerprint density at radius 3 is 1.79 bits per heavy atom. The molecule has 0 aromatic carbocycles. The summed E-state index contributed by atoms with van der Waals surface area (Å²) in [6.45, 7) is 34.3. The Bertz CT molecular complexity index is 1360. The predicted octanol–water partition coefficient (Wildman–Crippen LogP) is 8.86. The van der Waals surface area contributed by atoms with Crippen LogP contribution in [0.3, 0.4) is 0 Å². The van der Waals surface area contributed by atoms with Crippen molar-refractivity contribution in [2.45, 2.75) is 98.9 Å². The second kappa shape index (κ2) is 49.9. The Morgan fingerprint density at radius 1 is 1.00 bits per heavy atom. The monoisotopic (exact) mass is 918 g/mol. The van der Waals surface area contributed by atoms with E-state index in [9.17, 15) is 32.3 Å². The molecule has 0 aromatic rings. The normalized spacial score (nSPS) is 15.5. The van der Waals surface area contributed by atoms with Crippen LogP contribution in [0.1, 0.15) is 81.1 Å². The summed E-state index contributed by atoms with van der Waals surface area (Å²) in [4.78, 5) is 55.4. The third kappa shape index (κ3) is 55.2. The molecule has 1 saturated carbocycles. The highest BCUT2D eigenvalue weighted by atomic mass is 32.2. The highest BCUT2D eigenvalue weighted by Gasteiger charge is 2.40. The van der Waals surface area contributed by atoms with Crippen LogP contribution in [0.15, 0.2) is 110 Å². The lowest BCUT2D eigenvalue weighted by Gasteiger charge is -2.18. The molecule has 364 valence electrons. The van der Waals surface area contributed by atoms with Gasteiger partial charge in [-0.2, -0.15) is 13.2 Å². The van der Waals surface area contributed by atoms with Crippen LogP contribution in [0.5, 0.6) is 0 Å². The standard InChI is InChI=1S/C13H17NOS.C8H10F3NO2.C8H12.C6H13N.C5H10O2.C3H6.C2H5NO.CH5N.CH4O/c1-4-7-11(8-5-2)16-14-13(15)12-9-10(12)6-3;1-6(8(9,10)11)7(14)12(2)4-3-5-13;1-4-5-6-7-8(2)3;1-6-4-3-5-7(6)2;1-5(2,3)7-4-6;1-3-2;1-3-2-4;2*1-2/h4-8,10,12H,1,3,9H2,2H3,(H,14,15);5H,1,3-4H2,2H3;4-7H,1H2,2-3H3;6H,3-5H2,1-2H3;4H,1-3H3;3H,1H2,2H3;2H,1H3,(H,3,4);2H2,1H3;2H,1H3/b8-5-,11-7+;;6-5-;;;;;;. The van der Waals surface area contributed by atoms with E-state index >= 15 is 0 Å². The molecule has 3 amide bonds. The summed E-state index contributed by atoms with van der Waals surface area (Å²) in [5.41, 5.74) is 4.07. The van der Waals surface area contributed by atoms with Crippen LogP contribution in [0.2, 0.25) is 0 Å². The van der Waals surface area contributed by atoms with E-state index in [1.807, 2.05) is 77.2 Å². The molecule has 5 N–H and O–H groups in total. The van der Waals surface area contributed by atoms with Crippen molar-refractivity contribution in [1.29, 1.82) is 0 Å². The number of rotatable bonds is 14. The highest BCUT2D eigenvalue weighted by Crippen LogP contribution is 2.39. The van der Waals surface area contributed by atoms with Crippen LogP contribution in [0.4, 0.5) is 13.2 Å². The number of aliphatic hydroxyl groups excluding tert-OH is 1. The third-order valence-corrected chi connectivity index (χ3v) is 7.78. The minimum absolute atomic E-state index is 0.00732. The van der Waals surface area contributed by atoms with Gasteiger partial charge in [0.15, 0.2) is 0 Å². The Morgan fingerprint density at radius 2 is 1.52 bits per heavy atom. The fourth-order valence-corrected chi connectivity index (χ4v) is 4.35. The van der Waals surface area contributed by atoms with Gasteiger partial charge in [0.05, 0.1) is 0 Å². The second-order valence-electron chi connectivity index (χ2n) is 13.8. The van der Waals surface area contributed by atoms with Crippen molar-refractivity contribution < 1.29 is 47.0 Å². The summed E-state index contributed by atoms with van der Waals surface area (Å²) < 4.78 is 43.3. The first-order valence-electron chi connectivity index (χ1n) is 19.9. The first-order chi connectivity index (χ1) is 29.5. The third-order valence-electron chi connectivity index (χ3n) is 6.97. The fourth-order valence-electron chi connectivity index (χ4n) is 3.61. The van der Waals surface area contributed by atoms with Crippen molar-refractivity contribution in [3.63, 3.8) is 0 Å². The number of ether oxygens (including phenoxy) is 1. The van der Waals surface area contributed by atoms with Gasteiger partial charge in [-0.1, -0.05) is 80.0 Å². The van der Waals surface area contributed by atoms with Crippen molar-refractivity contribution in [1.82, 2.24) is 19.8 Å². The zero-order valence-corrected chi connectivity index (χ0v) is 41.2. The maximum Gasteiger partial charge on any atom is 0.421 e. The van der Waals surface area contributed by atoms with E-state index in [0.29, 0.717) is 25.1 Å². The van der Waals surface area contributed by atoms with E-state index in [2.05, 4.69) is 86.1 Å². The summed E-state index contributed by atoms with van der Waals surface area (Å²) in [5, 5.41) is 9.25. The van der Waals surface area contributed by atoms with Crippen molar-refractivity contribution in [2.24, 2.45) is 17.6 Å². The quantitative estimate of drug-likeness (QED) is 0.0434. The lowest BCUT2D eigenvalue weighted by molar-refractivity contribution is -0.139. The lowest BCUT2D eigenvalue weighted by atomic mass is 10.2. The van der Waals surface area contributed by atoms with E-state index < -0.39 is 17.7 Å². The molecule has 3 atom stereocenters. The molecule has 2 rings (SSSR count). The van der Waals surface area contributed by atoms with Gasteiger partial charge in [0.25, 0.3) is 12.4 Å². The number of carbonyl (C=O) groups is 5. The Labute approximate surface area is 383 Å². The average molecular weight is 918 g/mol. The number of likely N-dealkylation sites (tertiary alicyclic amines) is 1. The topological polar surface area (TPSA) is 171 Å². The summed E-state index contributed by atoms with van der Waals surface area (Å²) in [5.74, 6) is -0.622. The summed E-state index contributed by atoms with van der Waals surface area (Å²) in [6.07, 6.45) is 18.9. The maximum atomic E-state index is 12.0. The second-order valence-corrected chi connectivity index (χ2v) is 14.6. The molecule has 2 fully saturated rings. The summed E-state index contributed by atoms with van der Waals surface area (Å²) in [6, 6.07) is 0.847. The van der Waals surface area contributed by atoms with Gasteiger partial charge in [-0.3, -0.25) is 23.9 Å². The number of alkyl halides is 3. The van der Waals surface area contributed by atoms with Crippen LogP contribution in [-0.2, 0) is 28.7 Å². The summed E-state index contributed by atoms with van der Waals surface area (Å²) in [7, 11) is 7.44. The summed E-state index contributed by atoms with van der Waals surface area (Å²) >= 11 is 1.33. The number of halogens is 3. The number of nitrogens with two attached hydrogens (primary N) is 1. The first-order valence-corrected chi connectivity index (χ1v) is 20.8. The van der Waals surface area contributed by atoms with Gasteiger partial charge in [0.1, 0.15) is 17.5 Å². The SMILES string of the molecule is C=C(C(=O)N(C)CCC=O)C(F)(F)F.C=C/C=C(\C=C/C)SNC(=O)C1CC1C=C.C=C/C=C\C=C(C)C.C=CC.CC(C)(C)OC=O.CC1CCCN1C.CN.CNC=O.CO. The van der Waals surface area contributed by atoms with Crippen LogP contribution >= 0.6 is 11.9 Å². The molecular weight excluding hydrogens is 836 g/mol. The average Bonchev–Trinajstić information content (AvgIpc) is 3.95. The van der Waals surface area contributed by atoms with Crippen LogP contribution in [0, 0.1) is 11.8 Å². The van der Waals surface area contributed by atoms with Gasteiger partial charge in [0.2, 0.25) is 12.3 Å². The van der Waals surface area contributed by atoms with E-state index in [1.54, 1.807) is 25.3 Å². The van der Waals surface area contributed by atoms with E-state index in [4.69, 9.17) is 9.90 Å². The van der Waals surface area contributed by atoms with Gasteiger partial charge >= 0.3 is 6.18 Å². The fraction of sp³-hybridized carbons (Fsp3) is 0.511.